The fraction of sp³-hybridized carbons (Fsp3) is 0. The summed E-state index contributed by atoms with van der Waals surface area (Å²) in [7, 11) is 0. The van der Waals surface area contributed by atoms with Gasteiger partial charge in [-0.3, -0.25) is 9.78 Å². The Kier molecular flexibility index (Phi) is 1.51. The molecule has 0 saturated carbocycles. The van der Waals surface area contributed by atoms with E-state index in [2.05, 4.69) is 22.2 Å². The predicted octanol–water partition coefficient (Wildman–Crippen LogP) is 1.25. The third-order valence-electron chi connectivity index (χ3n) is 1.42. The number of nitrogens with zero attached hydrogens (tertiary/aromatic N) is 1. The first-order valence-corrected chi connectivity index (χ1v) is 3.66. The summed E-state index contributed by atoms with van der Waals surface area (Å²) in [6, 6.07) is 3.29. The zero-order valence-electron chi connectivity index (χ0n) is 5.90. The molecule has 0 unspecified atom stereocenters. The molecule has 2 heterocycles. The normalized spacial score (nSPS) is 10.3. The van der Waals surface area contributed by atoms with Crippen LogP contribution in [0.15, 0.2) is 27.5 Å². The Labute approximate surface area is 71.9 Å². The second kappa shape index (κ2) is 2.53. The molecule has 12 heavy (non-hydrogen) atoms. The van der Waals surface area contributed by atoms with E-state index in [9.17, 15) is 4.79 Å². The zero-order chi connectivity index (χ0) is 8.55. The lowest BCUT2D eigenvalue weighted by Crippen LogP contribution is -2.05. The quantitative estimate of drug-likeness (QED) is 0.620. The van der Waals surface area contributed by atoms with E-state index >= 15 is 0 Å². The van der Waals surface area contributed by atoms with E-state index < -0.39 is 0 Å². The summed E-state index contributed by atoms with van der Waals surface area (Å²) in [6.45, 7) is 0. The maximum Gasteiger partial charge on any atom is 0.270 e. The molecular weight excluding hydrogens is 176 g/mol. The molecule has 2 aromatic heterocycles. The molecule has 0 bridgehead atoms. The van der Waals surface area contributed by atoms with E-state index in [-0.39, 0.29) is 16.1 Å². The summed E-state index contributed by atoms with van der Waals surface area (Å²) in [5.74, 6) is 0. The van der Waals surface area contributed by atoms with Crippen LogP contribution in [-0.2, 0) is 0 Å². The van der Waals surface area contributed by atoms with Gasteiger partial charge >= 0.3 is 0 Å². The highest BCUT2D eigenvalue weighted by Crippen LogP contribution is 2.03. The Balaban J connectivity index is 3.09. The van der Waals surface area contributed by atoms with Crippen molar-refractivity contribution in [3.05, 3.63) is 33.5 Å². The SMILES string of the molecule is O=c1[nH]c(=S)oc2ncccc12. The molecule has 0 amide bonds. The molecule has 2 aromatic rings. The number of aromatic nitrogens is 2. The van der Waals surface area contributed by atoms with Gasteiger partial charge < -0.3 is 4.42 Å². The molecule has 0 aliphatic rings. The largest absolute Gasteiger partial charge is 0.412 e. The van der Waals surface area contributed by atoms with Crippen LogP contribution in [0.4, 0.5) is 0 Å². The number of nitrogens with one attached hydrogen (secondary N) is 1. The van der Waals surface area contributed by atoms with Gasteiger partial charge in [0.25, 0.3) is 10.4 Å². The summed E-state index contributed by atoms with van der Waals surface area (Å²) >= 11 is 4.66. The lowest BCUT2D eigenvalue weighted by atomic mass is 10.3. The van der Waals surface area contributed by atoms with Crippen molar-refractivity contribution in [1.82, 2.24) is 9.97 Å². The fourth-order valence-corrected chi connectivity index (χ4v) is 1.09. The average Bonchev–Trinajstić information content (AvgIpc) is 2.04. The first-order valence-electron chi connectivity index (χ1n) is 3.25. The summed E-state index contributed by atoms with van der Waals surface area (Å²) < 4.78 is 4.99. The van der Waals surface area contributed by atoms with Gasteiger partial charge in [0.1, 0.15) is 5.39 Å². The molecule has 0 spiro atoms. The van der Waals surface area contributed by atoms with Crippen LogP contribution in [0.2, 0.25) is 0 Å². The highest BCUT2D eigenvalue weighted by atomic mass is 32.1. The van der Waals surface area contributed by atoms with Crippen molar-refractivity contribution in [2.45, 2.75) is 0 Å². The lowest BCUT2D eigenvalue weighted by Gasteiger charge is -1.91. The van der Waals surface area contributed by atoms with Crippen LogP contribution in [-0.4, -0.2) is 9.97 Å². The Morgan fingerprint density at radius 2 is 2.42 bits per heavy atom. The van der Waals surface area contributed by atoms with Gasteiger partial charge in [0.05, 0.1) is 0 Å². The number of pyridine rings is 1. The predicted molar refractivity (Wildman–Crippen MR) is 45.5 cm³/mol. The lowest BCUT2D eigenvalue weighted by molar-refractivity contribution is 0.545. The minimum atomic E-state index is -0.269. The van der Waals surface area contributed by atoms with Crippen molar-refractivity contribution in [2.24, 2.45) is 0 Å². The van der Waals surface area contributed by atoms with Crippen molar-refractivity contribution in [2.75, 3.05) is 0 Å². The molecule has 2 rings (SSSR count). The van der Waals surface area contributed by atoms with Crippen LogP contribution >= 0.6 is 12.2 Å². The number of hydrogen-bond donors (Lipinski definition) is 1. The van der Waals surface area contributed by atoms with Gasteiger partial charge in [-0.15, -0.1) is 0 Å². The van der Waals surface area contributed by atoms with Crippen LogP contribution in [0, 0.1) is 4.84 Å². The third kappa shape index (κ3) is 1.04. The minimum Gasteiger partial charge on any atom is -0.412 e. The number of hydrogen-bond acceptors (Lipinski definition) is 4. The van der Waals surface area contributed by atoms with Crippen LogP contribution in [0.25, 0.3) is 11.1 Å². The maximum absolute atomic E-state index is 11.2. The Bertz CT molecular complexity index is 528. The summed E-state index contributed by atoms with van der Waals surface area (Å²) in [4.78, 5) is 17.4. The van der Waals surface area contributed by atoms with Crippen molar-refractivity contribution in [3.8, 4) is 0 Å². The summed E-state index contributed by atoms with van der Waals surface area (Å²) in [6.07, 6.45) is 1.54. The van der Waals surface area contributed by atoms with Crippen LogP contribution < -0.4 is 5.56 Å². The Hall–Kier alpha value is -1.49. The van der Waals surface area contributed by atoms with E-state index in [0.717, 1.165) is 0 Å². The monoisotopic (exact) mass is 180 g/mol. The van der Waals surface area contributed by atoms with Gasteiger partial charge in [0.2, 0.25) is 5.71 Å². The third-order valence-corrected chi connectivity index (χ3v) is 1.61. The molecule has 5 heteroatoms. The summed E-state index contributed by atoms with van der Waals surface area (Å²) in [5, 5.41) is 0.408. The van der Waals surface area contributed by atoms with E-state index in [4.69, 9.17) is 4.42 Å². The molecule has 0 aliphatic carbocycles. The number of fused-ring (bicyclic) bond motifs is 1. The standard InChI is InChI=1S/C7H4N2O2S/c10-5-4-2-1-3-8-6(4)11-7(12)9-5/h1-3H,(H,9,10,12). The molecule has 0 fully saturated rings. The zero-order valence-corrected chi connectivity index (χ0v) is 6.72. The van der Waals surface area contributed by atoms with E-state index in [1.807, 2.05) is 0 Å². The molecule has 4 nitrogen and oxygen atoms in total. The van der Waals surface area contributed by atoms with Crippen molar-refractivity contribution < 1.29 is 4.42 Å². The molecule has 0 saturated heterocycles. The Morgan fingerprint density at radius 3 is 3.25 bits per heavy atom. The van der Waals surface area contributed by atoms with Gasteiger partial charge in [-0.2, -0.15) is 0 Å². The number of aromatic amines is 1. The van der Waals surface area contributed by atoms with Crippen molar-refractivity contribution in [3.63, 3.8) is 0 Å². The average molecular weight is 180 g/mol. The van der Waals surface area contributed by atoms with E-state index in [1.54, 1.807) is 18.3 Å². The van der Waals surface area contributed by atoms with Crippen molar-refractivity contribution in [1.29, 1.82) is 0 Å². The van der Waals surface area contributed by atoms with Gasteiger partial charge in [-0.1, -0.05) is 0 Å². The van der Waals surface area contributed by atoms with Crippen LogP contribution in [0.3, 0.4) is 0 Å². The molecule has 60 valence electrons. The van der Waals surface area contributed by atoms with Crippen LogP contribution in [0.5, 0.6) is 0 Å². The first kappa shape index (κ1) is 7.17. The minimum absolute atomic E-state index is 0.0474. The highest BCUT2D eigenvalue weighted by molar-refractivity contribution is 7.71. The summed E-state index contributed by atoms with van der Waals surface area (Å²) in [5.41, 5.74) is 0.000556. The molecule has 0 aromatic carbocycles. The molecule has 0 aliphatic heterocycles. The molecule has 0 atom stereocenters. The number of rotatable bonds is 0. The van der Waals surface area contributed by atoms with Crippen molar-refractivity contribution >= 4 is 23.3 Å². The van der Waals surface area contributed by atoms with Crippen LogP contribution in [0.1, 0.15) is 0 Å². The fourth-order valence-electron chi connectivity index (χ4n) is 0.918. The molecule has 0 radical (unpaired) electrons. The topological polar surface area (TPSA) is 58.9 Å². The van der Waals surface area contributed by atoms with Gasteiger partial charge in [-0.05, 0) is 24.4 Å². The highest BCUT2D eigenvalue weighted by Gasteiger charge is 1.99. The van der Waals surface area contributed by atoms with E-state index in [0.29, 0.717) is 5.39 Å². The second-order valence-electron chi connectivity index (χ2n) is 2.20. The van der Waals surface area contributed by atoms with E-state index in [1.165, 1.54) is 0 Å². The Morgan fingerprint density at radius 1 is 1.58 bits per heavy atom. The van der Waals surface area contributed by atoms with Gasteiger partial charge in [0.15, 0.2) is 0 Å². The second-order valence-corrected chi connectivity index (χ2v) is 2.57. The number of H-pyrrole nitrogens is 1. The van der Waals surface area contributed by atoms with Gasteiger partial charge in [0, 0.05) is 6.20 Å². The maximum atomic E-state index is 11.2. The molecular formula is C7H4N2O2S. The first-order chi connectivity index (χ1) is 5.77. The smallest absolute Gasteiger partial charge is 0.270 e. The van der Waals surface area contributed by atoms with Gasteiger partial charge in [-0.25, -0.2) is 4.98 Å². The molecule has 1 N–H and O–H groups in total.